The Morgan fingerprint density at radius 1 is 1.23 bits per heavy atom. The molecule has 0 aliphatic carbocycles. The maximum Gasteiger partial charge on any atom is 0.0276 e. The molecule has 2 nitrogen and oxygen atoms in total. The minimum Gasteiger partial charge on any atom is -0.325 e. The van der Waals surface area contributed by atoms with E-state index in [1.807, 2.05) is 0 Å². The number of allylic oxidation sites excluding steroid dienone is 2. The summed E-state index contributed by atoms with van der Waals surface area (Å²) in [6, 6.07) is 0. The lowest BCUT2D eigenvalue weighted by Gasteiger charge is -2.18. The summed E-state index contributed by atoms with van der Waals surface area (Å²) >= 11 is 0. The van der Waals surface area contributed by atoms with Gasteiger partial charge in [-0.05, 0) is 19.3 Å². The van der Waals surface area contributed by atoms with Gasteiger partial charge in [-0.2, -0.15) is 0 Å². The van der Waals surface area contributed by atoms with Crippen molar-refractivity contribution in [1.82, 2.24) is 10.9 Å². The summed E-state index contributed by atoms with van der Waals surface area (Å²) in [6.45, 7) is 11.9. The molecule has 0 atom stereocenters. The fraction of sp³-hybridized carbons (Fsp3) is 0.818. The van der Waals surface area contributed by atoms with Crippen LogP contribution in [0.2, 0.25) is 0 Å². The summed E-state index contributed by atoms with van der Waals surface area (Å²) in [6.07, 6.45) is 2.40. The van der Waals surface area contributed by atoms with Crippen molar-refractivity contribution >= 4 is 0 Å². The van der Waals surface area contributed by atoms with Gasteiger partial charge in [0.1, 0.15) is 0 Å². The molecule has 78 valence electrons. The Labute approximate surface area is 82.8 Å². The predicted molar refractivity (Wildman–Crippen MR) is 59.3 cm³/mol. The lowest BCUT2D eigenvalue weighted by Crippen LogP contribution is -2.33. The molecule has 0 fully saturated rings. The van der Waals surface area contributed by atoms with Crippen molar-refractivity contribution < 1.29 is 0 Å². The number of hydrogen-bond donors (Lipinski definition) is 2. The van der Waals surface area contributed by atoms with E-state index in [1.54, 1.807) is 0 Å². The predicted octanol–water partition coefficient (Wildman–Crippen LogP) is 2.83. The molecule has 0 aromatic heterocycles. The van der Waals surface area contributed by atoms with Crippen LogP contribution in [-0.4, -0.2) is 6.54 Å². The Morgan fingerprint density at radius 2 is 1.85 bits per heavy atom. The van der Waals surface area contributed by atoms with Gasteiger partial charge in [-0.25, -0.2) is 5.43 Å². The molecule has 0 saturated heterocycles. The zero-order valence-corrected chi connectivity index (χ0v) is 9.70. The van der Waals surface area contributed by atoms with E-state index >= 15 is 0 Å². The van der Waals surface area contributed by atoms with Crippen LogP contribution in [-0.2, 0) is 0 Å². The molecule has 0 rings (SSSR count). The maximum absolute atomic E-state index is 3.28. The first-order valence-corrected chi connectivity index (χ1v) is 5.31. The van der Waals surface area contributed by atoms with Gasteiger partial charge >= 0.3 is 0 Å². The summed E-state index contributed by atoms with van der Waals surface area (Å²) in [7, 11) is 0. The van der Waals surface area contributed by atoms with Crippen LogP contribution in [0.4, 0.5) is 0 Å². The van der Waals surface area contributed by atoms with Crippen LogP contribution in [0.5, 0.6) is 0 Å². The summed E-state index contributed by atoms with van der Waals surface area (Å²) in [4.78, 5) is 0. The molecule has 0 unspecified atom stereocenters. The first-order chi connectivity index (χ1) is 6.13. The van der Waals surface area contributed by atoms with Gasteiger partial charge in [-0.1, -0.05) is 39.7 Å². The lowest BCUT2D eigenvalue weighted by atomic mass is 10.0. The van der Waals surface area contributed by atoms with Gasteiger partial charge in [0, 0.05) is 12.2 Å². The summed E-state index contributed by atoms with van der Waals surface area (Å²) in [5.41, 5.74) is 9.27. The Bertz CT molecular complexity index is 159. The third-order valence-electron chi connectivity index (χ3n) is 2.06. The number of nitrogens with one attached hydrogen (secondary N) is 2. The highest BCUT2D eigenvalue weighted by Gasteiger charge is 2.05. The van der Waals surface area contributed by atoms with E-state index in [4.69, 9.17) is 0 Å². The SMILES string of the molecule is CCC/C(C)=C(\NNCC)C(C)C. The second-order valence-electron chi connectivity index (χ2n) is 3.75. The maximum atomic E-state index is 3.28. The second kappa shape index (κ2) is 6.96. The third kappa shape index (κ3) is 4.94. The monoisotopic (exact) mass is 184 g/mol. The molecule has 0 aromatic carbocycles. The van der Waals surface area contributed by atoms with Crippen LogP contribution in [0.3, 0.4) is 0 Å². The Balaban J connectivity index is 4.28. The van der Waals surface area contributed by atoms with Gasteiger partial charge < -0.3 is 5.43 Å². The fourth-order valence-electron chi connectivity index (χ4n) is 1.44. The first-order valence-electron chi connectivity index (χ1n) is 5.31. The normalized spacial score (nSPS) is 13.1. The Kier molecular flexibility index (Phi) is 6.69. The molecular weight excluding hydrogens is 160 g/mol. The zero-order chi connectivity index (χ0) is 10.3. The molecule has 0 saturated carbocycles. The molecule has 0 aliphatic rings. The average Bonchev–Trinajstić information content (AvgIpc) is 2.05. The molecule has 2 heteroatoms. The average molecular weight is 184 g/mol. The largest absolute Gasteiger partial charge is 0.325 e. The van der Waals surface area contributed by atoms with E-state index in [-0.39, 0.29) is 0 Å². The summed E-state index contributed by atoms with van der Waals surface area (Å²) in [5, 5.41) is 0. The van der Waals surface area contributed by atoms with Gasteiger partial charge in [0.15, 0.2) is 0 Å². The molecule has 2 N–H and O–H groups in total. The van der Waals surface area contributed by atoms with E-state index in [0.717, 1.165) is 6.54 Å². The minimum atomic E-state index is 0.575. The third-order valence-corrected chi connectivity index (χ3v) is 2.06. The summed E-state index contributed by atoms with van der Waals surface area (Å²) in [5.74, 6) is 0.575. The van der Waals surface area contributed by atoms with Crippen LogP contribution in [0.1, 0.15) is 47.5 Å². The Hall–Kier alpha value is -0.500. The fourth-order valence-corrected chi connectivity index (χ4v) is 1.44. The van der Waals surface area contributed by atoms with Crippen molar-refractivity contribution in [2.75, 3.05) is 6.54 Å². The van der Waals surface area contributed by atoms with Crippen molar-refractivity contribution in [2.24, 2.45) is 5.92 Å². The molecule has 0 aromatic rings. The van der Waals surface area contributed by atoms with Crippen molar-refractivity contribution in [3.63, 3.8) is 0 Å². The van der Waals surface area contributed by atoms with Gasteiger partial charge in [0.2, 0.25) is 0 Å². The van der Waals surface area contributed by atoms with Crippen molar-refractivity contribution in [3.8, 4) is 0 Å². The topological polar surface area (TPSA) is 24.1 Å². The molecule has 0 spiro atoms. The van der Waals surface area contributed by atoms with E-state index < -0.39 is 0 Å². The number of hydrogen-bond acceptors (Lipinski definition) is 2. The van der Waals surface area contributed by atoms with Crippen LogP contribution < -0.4 is 10.9 Å². The van der Waals surface area contributed by atoms with Crippen LogP contribution in [0, 0.1) is 5.92 Å². The highest BCUT2D eigenvalue weighted by molar-refractivity contribution is 5.11. The highest BCUT2D eigenvalue weighted by Crippen LogP contribution is 2.14. The molecule has 0 radical (unpaired) electrons. The van der Waals surface area contributed by atoms with E-state index in [9.17, 15) is 0 Å². The quantitative estimate of drug-likeness (QED) is 0.620. The van der Waals surface area contributed by atoms with E-state index in [2.05, 4.69) is 45.5 Å². The molecule has 0 heterocycles. The van der Waals surface area contributed by atoms with Gasteiger partial charge in [-0.15, -0.1) is 0 Å². The van der Waals surface area contributed by atoms with Crippen LogP contribution in [0.15, 0.2) is 11.3 Å². The first kappa shape index (κ1) is 12.5. The van der Waals surface area contributed by atoms with Gasteiger partial charge in [-0.3, -0.25) is 0 Å². The zero-order valence-electron chi connectivity index (χ0n) is 9.70. The number of rotatable bonds is 6. The molecule has 0 aliphatic heterocycles. The molecule has 13 heavy (non-hydrogen) atoms. The van der Waals surface area contributed by atoms with Crippen molar-refractivity contribution in [2.45, 2.75) is 47.5 Å². The number of hydrazine groups is 1. The van der Waals surface area contributed by atoms with Crippen LogP contribution in [0.25, 0.3) is 0 Å². The van der Waals surface area contributed by atoms with Crippen molar-refractivity contribution in [1.29, 1.82) is 0 Å². The minimum absolute atomic E-state index is 0.575. The van der Waals surface area contributed by atoms with E-state index in [0.29, 0.717) is 5.92 Å². The lowest BCUT2D eigenvalue weighted by molar-refractivity contribution is 0.547. The molecule has 0 amide bonds. The highest BCUT2D eigenvalue weighted by atomic mass is 15.4. The molecule has 0 bridgehead atoms. The standard InChI is InChI=1S/C11H24N2/c1-6-8-10(5)11(9(3)4)13-12-7-2/h9,12-13H,6-8H2,1-5H3/b11-10-. The van der Waals surface area contributed by atoms with Gasteiger partial charge in [0.05, 0.1) is 0 Å². The smallest absolute Gasteiger partial charge is 0.0276 e. The molecular formula is C11H24N2. The summed E-state index contributed by atoms with van der Waals surface area (Å²) < 4.78 is 0. The van der Waals surface area contributed by atoms with Gasteiger partial charge in [0.25, 0.3) is 0 Å². The Morgan fingerprint density at radius 3 is 2.23 bits per heavy atom. The van der Waals surface area contributed by atoms with Crippen LogP contribution >= 0.6 is 0 Å². The second-order valence-corrected chi connectivity index (χ2v) is 3.75. The van der Waals surface area contributed by atoms with Crippen molar-refractivity contribution in [3.05, 3.63) is 11.3 Å². The van der Waals surface area contributed by atoms with E-state index in [1.165, 1.54) is 24.1 Å².